The molecule has 2 heterocycles. The van der Waals surface area contributed by atoms with Gasteiger partial charge in [-0.05, 0) is 24.7 Å². The monoisotopic (exact) mass is 245 g/mol. The van der Waals surface area contributed by atoms with Crippen molar-refractivity contribution in [1.82, 2.24) is 10.2 Å². The third kappa shape index (κ3) is 2.36. The second kappa shape index (κ2) is 4.92. The van der Waals surface area contributed by atoms with Crippen LogP contribution in [0.25, 0.3) is 10.9 Å². The van der Waals surface area contributed by atoms with E-state index in [1.54, 1.807) is 0 Å². The maximum absolute atomic E-state index is 4.13. The van der Waals surface area contributed by atoms with E-state index in [9.17, 15) is 0 Å². The molecule has 1 aliphatic heterocycles. The van der Waals surface area contributed by atoms with Crippen LogP contribution in [0.5, 0.6) is 0 Å². The molecule has 1 N–H and O–H groups in total. The lowest BCUT2D eigenvalue weighted by molar-refractivity contribution is 0.805. The van der Waals surface area contributed by atoms with E-state index in [0.29, 0.717) is 0 Å². The van der Waals surface area contributed by atoms with Crippen molar-refractivity contribution in [3.05, 3.63) is 30.5 Å². The van der Waals surface area contributed by atoms with E-state index in [0.717, 1.165) is 28.4 Å². The van der Waals surface area contributed by atoms with E-state index >= 15 is 0 Å². The van der Waals surface area contributed by atoms with Gasteiger partial charge in [0.2, 0.25) is 0 Å². The Balaban J connectivity index is 1.79. The van der Waals surface area contributed by atoms with Crippen LogP contribution < -0.4 is 5.32 Å². The molecule has 0 saturated carbocycles. The van der Waals surface area contributed by atoms with Gasteiger partial charge < -0.3 is 5.32 Å². The summed E-state index contributed by atoms with van der Waals surface area (Å²) in [6, 6.07) is 8.12. The van der Waals surface area contributed by atoms with Crippen LogP contribution in [0.4, 0.5) is 5.69 Å². The van der Waals surface area contributed by atoms with E-state index < -0.39 is 0 Å². The quantitative estimate of drug-likeness (QED) is 0.902. The summed E-state index contributed by atoms with van der Waals surface area (Å²) in [6.45, 7) is 1.03. The molecule has 1 aromatic carbocycles. The van der Waals surface area contributed by atoms with E-state index in [2.05, 4.69) is 33.3 Å². The predicted molar refractivity (Wildman–Crippen MR) is 73.5 cm³/mol. The summed E-state index contributed by atoms with van der Waals surface area (Å²) >= 11 is 2.07. The maximum atomic E-state index is 4.13. The second-order valence-corrected chi connectivity index (χ2v) is 5.70. The van der Waals surface area contributed by atoms with Crippen molar-refractivity contribution in [1.29, 1.82) is 0 Å². The normalized spacial score (nSPS) is 19.6. The molecule has 3 nitrogen and oxygen atoms in total. The molecule has 88 valence electrons. The van der Waals surface area contributed by atoms with Crippen LogP contribution in [-0.2, 0) is 0 Å². The molecule has 0 spiro atoms. The Labute approximate surface area is 105 Å². The van der Waals surface area contributed by atoms with Crippen LogP contribution in [-0.4, -0.2) is 27.7 Å². The van der Waals surface area contributed by atoms with Gasteiger partial charge in [-0.1, -0.05) is 18.2 Å². The minimum atomic E-state index is 0.752. The lowest BCUT2D eigenvalue weighted by atomic mass is 10.2. The Morgan fingerprint density at radius 1 is 1.35 bits per heavy atom. The van der Waals surface area contributed by atoms with Gasteiger partial charge in [0.15, 0.2) is 0 Å². The molecule has 0 amide bonds. The average Bonchev–Trinajstić information content (AvgIpc) is 2.89. The first-order chi connectivity index (χ1) is 8.43. The highest BCUT2D eigenvalue weighted by Gasteiger charge is 2.15. The number of nitrogens with one attached hydrogen (secondary N) is 1. The fourth-order valence-electron chi connectivity index (χ4n) is 2.18. The van der Waals surface area contributed by atoms with Crippen molar-refractivity contribution < 1.29 is 0 Å². The van der Waals surface area contributed by atoms with E-state index in [1.165, 1.54) is 18.6 Å². The van der Waals surface area contributed by atoms with Gasteiger partial charge in [-0.25, -0.2) is 0 Å². The van der Waals surface area contributed by atoms with Crippen LogP contribution in [0.1, 0.15) is 12.8 Å². The average molecular weight is 245 g/mol. The molecule has 1 atom stereocenters. The van der Waals surface area contributed by atoms with Crippen molar-refractivity contribution >= 4 is 28.4 Å². The molecule has 1 fully saturated rings. The smallest absolute Gasteiger partial charge is 0.0950 e. The Morgan fingerprint density at radius 3 is 3.18 bits per heavy atom. The van der Waals surface area contributed by atoms with Gasteiger partial charge in [-0.3, -0.25) is 0 Å². The highest BCUT2D eigenvalue weighted by Crippen LogP contribution is 2.27. The molecule has 17 heavy (non-hydrogen) atoms. The van der Waals surface area contributed by atoms with Gasteiger partial charge in [0.1, 0.15) is 0 Å². The lowest BCUT2D eigenvalue weighted by Gasteiger charge is -2.12. The highest BCUT2D eigenvalue weighted by atomic mass is 32.2. The van der Waals surface area contributed by atoms with Crippen molar-refractivity contribution in [2.24, 2.45) is 0 Å². The van der Waals surface area contributed by atoms with Crippen LogP contribution in [0.3, 0.4) is 0 Å². The fourth-order valence-corrected chi connectivity index (χ4v) is 3.38. The maximum Gasteiger partial charge on any atom is 0.0950 e. The standard InChI is InChI=1S/C13H15N3S/c1-2-6-12-11(5-1)13(9-15-16-12)14-8-10-4-3-7-17-10/h1-2,5-6,9-10H,3-4,7-8H2,(H,14,16). The summed E-state index contributed by atoms with van der Waals surface area (Å²) in [5, 5.41) is 13.6. The number of hydrogen-bond acceptors (Lipinski definition) is 4. The topological polar surface area (TPSA) is 37.8 Å². The van der Waals surface area contributed by atoms with Crippen molar-refractivity contribution in [2.45, 2.75) is 18.1 Å². The molecule has 1 saturated heterocycles. The Bertz CT molecular complexity index is 503. The summed E-state index contributed by atoms with van der Waals surface area (Å²) in [5.41, 5.74) is 2.06. The van der Waals surface area contributed by atoms with Crippen molar-refractivity contribution in [3.8, 4) is 0 Å². The molecule has 2 aromatic rings. The van der Waals surface area contributed by atoms with Crippen LogP contribution >= 0.6 is 11.8 Å². The van der Waals surface area contributed by atoms with Gasteiger partial charge in [-0.15, -0.1) is 0 Å². The van der Waals surface area contributed by atoms with Gasteiger partial charge in [0, 0.05) is 17.2 Å². The summed E-state index contributed by atoms with van der Waals surface area (Å²) in [4.78, 5) is 0. The molecule has 1 aromatic heterocycles. The third-order valence-corrected chi connectivity index (χ3v) is 4.49. The third-order valence-electron chi connectivity index (χ3n) is 3.09. The number of anilines is 1. The second-order valence-electron chi connectivity index (χ2n) is 4.29. The molecule has 4 heteroatoms. The number of nitrogens with zero attached hydrogens (tertiary/aromatic N) is 2. The summed E-state index contributed by atoms with van der Waals surface area (Å²) in [5.74, 6) is 1.31. The molecular weight excluding hydrogens is 230 g/mol. The Hall–Kier alpha value is -1.29. The Morgan fingerprint density at radius 2 is 2.29 bits per heavy atom. The molecule has 1 aliphatic rings. The van der Waals surface area contributed by atoms with E-state index in [4.69, 9.17) is 0 Å². The van der Waals surface area contributed by atoms with Gasteiger partial charge >= 0.3 is 0 Å². The number of hydrogen-bond donors (Lipinski definition) is 1. The number of fused-ring (bicyclic) bond motifs is 1. The van der Waals surface area contributed by atoms with Gasteiger partial charge in [-0.2, -0.15) is 22.0 Å². The van der Waals surface area contributed by atoms with E-state index in [-0.39, 0.29) is 0 Å². The van der Waals surface area contributed by atoms with Gasteiger partial charge in [0.05, 0.1) is 17.4 Å². The molecule has 1 unspecified atom stereocenters. The summed E-state index contributed by atoms with van der Waals surface area (Å²) in [7, 11) is 0. The highest BCUT2D eigenvalue weighted by molar-refractivity contribution is 8.00. The molecular formula is C13H15N3S. The fraction of sp³-hybridized carbons (Fsp3) is 0.385. The minimum absolute atomic E-state index is 0.752. The zero-order valence-corrected chi connectivity index (χ0v) is 10.4. The first-order valence-corrected chi connectivity index (χ1v) is 7.04. The van der Waals surface area contributed by atoms with E-state index in [1.807, 2.05) is 24.4 Å². The number of benzene rings is 1. The minimum Gasteiger partial charge on any atom is -0.382 e. The Kier molecular flexibility index (Phi) is 3.14. The molecule has 0 radical (unpaired) electrons. The zero-order chi connectivity index (χ0) is 11.5. The number of aromatic nitrogens is 2. The first-order valence-electron chi connectivity index (χ1n) is 5.99. The van der Waals surface area contributed by atoms with Crippen LogP contribution in [0.2, 0.25) is 0 Å². The molecule has 0 bridgehead atoms. The molecule has 0 aliphatic carbocycles. The van der Waals surface area contributed by atoms with Crippen molar-refractivity contribution in [2.75, 3.05) is 17.6 Å². The zero-order valence-electron chi connectivity index (χ0n) is 9.60. The van der Waals surface area contributed by atoms with Crippen LogP contribution in [0, 0.1) is 0 Å². The molecule has 3 rings (SSSR count). The number of thioether (sulfide) groups is 1. The first kappa shape index (κ1) is 10.8. The van der Waals surface area contributed by atoms with Crippen molar-refractivity contribution in [3.63, 3.8) is 0 Å². The summed E-state index contributed by atoms with van der Waals surface area (Å²) < 4.78 is 0. The lowest BCUT2D eigenvalue weighted by Crippen LogP contribution is -2.14. The largest absolute Gasteiger partial charge is 0.382 e. The number of rotatable bonds is 3. The van der Waals surface area contributed by atoms with Gasteiger partial charge in [0.25, 0.3) is 0 Å². The SMILES string of the molecule is c1ccc2c(NCC3CCCS3)cnnc2c1. The summed E-state index contributed by atoms with van der Waals surface area (Å²) in [6.07, 6.45) is 4.50. The predicted octanol–water partition coefficient (Wildman–Crippen LogP) is 2.94. The van der Waals surface area contributed by atoms with Crippen LogP contribution in [0.15, 0.2) is 30.5 Å².